The maximum absolute atomic E-state index is 12.6. The minimum atomic E-state index is -0.236. The largest absolute Gasteiger partial charge is 0.493 e. The fourth-order valence-corrected chi connectivity index (χ4v) is 4.28. The topological polar surface area (TPSA) is 77.1 Å². The van der Waals surface area contributed by atoms with E-state index in [4.69, 9.17) is 14.2 Å². The van der Waals surface area contributed by atoms with Crippen molar-refractivity contribution in [1.29, 1.82) is 0 Å². The summed E-state index contributed by atoms with van der Waals surface area (Å²) in [5, 5.41) is 2.95. The van der Waals surface area contributed by atoms with Crippen molar-refractivity contribution >= 4 is 29.3 Å². The third-order valence-electron chi connectivity index (χ3n) is 5.66. The van der Waals surface area contributed by atoms with Gasteiger partial charge in [0.1, 0.15) is 0 Å². The summed E-state index contributed by atoms with van der Waals surface area (Å²) in [4.78, 5) is 26.7. The Morgan fingerprint density at radius 1 is 0.968 bits per heavy atom. The van der Waals surface area contributed by atoms with Crippen LogP contribution in [0.4, 0.5) is 11.4 Å². The summed E-state index contributed by atoms with van der Waals surface area (Å²) in [7, 11) is 4.65. The number of carbonyl (C=O) groups excluding carboxylic acids is 2. The second-order valence-electron chi connectivity index (χ2n) is 7.57. The molecule has 0 atom stereocenters. The quantitative estimate of drug-likeness (QED) is 0.720. The van der Waals surface area contributed by atoms with Crippen LogP contribution in [-0.4, -0.2) is 39.7 Å². The Morgan fingerprint density at radius 2 is 1.65 bits per heavy atom. The number of nitrogens with one attached hydrogen (secondary N) is 1. The van der Waals surface area contributed by atoms with Crippen LogP contribution < -0.4 is 24.4 Å². The molecular weight excluding hydrogens is 396 g/mol. The second-order valence-corrected chi connectivity index (χ2v) is 7.57. The number of anilines is 2. The van der Waals surface area contributed by atoms with Crippen molar-refractivity contribution in [1.82, 2.24) is 0 Å². The molecule has 2 amide bonds. The first-order chi connectivity index (χ1) is 15.0. The lowest BCUT2D eigenvalue weighted by molar-refractivity contribution is -0.119. The van der Waals surface area contributed by atoms with E-state index in [2.05, 4.69) is 5.32 Å². The molecule has 0 spiro atoms. The molecule has 2 aliphatic heterocycles. The summed E-state index contributed by atoms with van der Waals surface area (Å²) in [6, 6.07) is 7.52. The van der Waals surface area contributed by atoms with Gasteiger partial charge in [-0.1, -0.05) is 0 Å². The van der Waals surface area contributed by atoms with Gasteiger partial charge in [-0.25, -0.2) is 0 Å². The van der Waals surface area contributed by atoms with E-state index in [-0.39, 0.29) is 11.8 Å². The van der Waals surface area contributed by atoms with Crippen LogP contribution in [0.1, 0.15) is 29.5 Å². The normalized spacial score (nSPS) is 14.9. The van der Waals surface area contributed by atoms with Crippen LogP contribution in [0.15, 0.2) is 30.3 Å². The number of nitrogens with zero attached hydrogens (tertiary/aromatic N) is 1. The zero-order valence-electron chi connectivity index (χ0n) is 18.0. The monoisotopic (exact) mass is 422 g/mol. The summed E-state index contributed by atoms with van der Waals surface area (Å²) in [6.07, 6.45) is 6.26. The van der Waals surface area contributed by atoms with Crippen molar-refractivity contribution < 1.29 is 23.8 Å². The SMILES string of the molecule is COc1cc(/C=C/C(=O)Nc2cc3c4c(c2)CCC(=O)N4CCC3)cc(OC)c1OC. The number of carbonyl (C=O) groups is 2. The average molecular weight is 422 g/mol. The van der Waals surface area contributed by atoms with Gasteiger partial charge >= 0.3 is 0 Å². The Bertz CT molecular complexity index is 1020. The molecule has 0 bridgehead atoms. The van der Waals surface area contributed by atoms with Crippen LogP contribution in [-0.2, 0) is 22.4 Å². The van der Waals surface area contributed by atoms with Gasteiger partial charge in [0.05, 0.1) is 27.0 Å². The van der Waals surface area contributed by atoms with Gasteiger partial charge in [-0.05, 0) is 66.3 Å². The lowest BCUT2D eigenvalue weighted by Crippen LogP contribution is -2.39. The van der Waals surface area contributed by atoms with E-state index in [0.29, 0.717) is 30.1 Å². The number of hydrogen-bond acceptors (Lipinski definition) is 5. The molecule has 7 heteroatoms. The minimum Gasteiger partial charge on any atom is -0.493 e. The molecule has 0 saturated heterocycles. The molecule has 2 aliphatic rings. The van der Waals surface area contributed by atoms with Crippen LogP contribution in [0.2, 0.25) is 0 Å². The molecule has 0 saturated carbocycles. The molecule has 0 aliphatic carbocycles. The molecule has 1 N–H and O–H groups in total. The highest BCUT2D eigenvalue weighted by Gasteiger charge is 2.29. The minimum absolute atomic E-state index is 0.193. The van der Waals surface area contributed by atoms with E-state index in [1.165, 1.54) is 6.08 Å². The van der Waals surface area contributed by atoms with Gasteiger partial charge in [-0.15, -0.1) is 0 Å². The number of methoxy groups -OCH3 is 3. The smallest absolute Gasteiger partial charge is 0.248 e. The van der Waals surface area contributed by atoms with Gasteiger partial charge in [-0.2, -0.15) is 0 Å². The van der Waals surface area contributed by atoms with Crippen LogP contribution >= 0.6 is 0 Å². The summed E-state index contributed by atoms with van der Waals surface area (Å²) in [5.41, 5.74) is 4.80. The van der Waals surface area contributed by atoms with E-state index in [0.717, 1.165) is 47.5 Å². The second kappa shape index (κ2) is 8.71. The molecule has 4 rings (SSSR count). The van der Waals surface area contributed by atoms with Crippen LogP contribution in [0.25, 0.3) is 6.08 Å². The van der Waals surface area contributed by atoms with Crippen LogP contribution in [0.3, 0.4) is 0 Å². The van der Waals surface area contributed by atoms with E-state index in [9.17, 15) is 9.59 Å². The van der Waals surface area contributed by atoms with Gasteiger partial charge < -0.3 is 24.4 Å². The molecule has 162 valence electrons. The molecule has 0 aromatic heterocycles. The zero-order chi connectivity index (χ0) is 22.0. The van der Waals surface area contributed by atoms with Crippen molar-refractivity contribution in [2.24, 2.45) is 0 Å². The zero-order valence-corrected chi connectivity index (χ0v) is 18.0. The maximum atomic E-state index is 12.6. The highest BCUT2D eigenvalue weighted by molar-refractivity contribution is 6.03. The molecule has 2 aromatic rings. The van der Waals surface area contributed by atoms with E-state index in [1.807, 2.05) is 17.0 Å². The summed E-state index contributed by atoms with van der Waals surface area (Å²) in [6.45, 7) is 0.780. The van der Waals surface area contributed by atoms with Gasteiger partial charge in [0.15, 0.2) is 11.5 Å². The summed E-state index contributed by atoms with van der Waals surface area (Å²) in [5.74, 6) is 1.51. The fraction of sp³-hybridized carbons (Fsp3) is 0.333. The number of aryl methyl sites for hydroxylation is 2. The molecule has 0 unspecified atom stereocenters. The number of amides is 2. The molecule has 7 nitrogen and oxygen atoms in total. The fourth-order valence-electron chi connectivity index (χ4n) is 4.28. The number of rotatable bonds is 6. The van der Waals surface area contributed by atoms with E-state index < -0.39 is 0 Å². The lowest BCUT2D eigenvalue weighted by Gasteiger charge is -2.35. The van der Waals surface area contributed by atoms with Crippen LogP contribution in [0, 0.1) is 0 Å². The predicted molar refractivity (Wildman–Crippen MR) is 119 cm³/mol. The Balaban J connectivity index is 1.53. The molecular formula is C24H26N2O5. The van der Waals surface area contributed by atoms with Crippen LogP contribution in [0.5, 0.6) is 17.2 Å². The first kappa shape index (κ1) is 20.8. The third kappa shape index (κ3) is 4.08. The number of benzene rings is 2. The molecule has 2 heterocycles. The van der Waals surface area contributed by atoms with Gasteiger partial charge in [0, 0.05) is 24.7 Å². The van der Waals surface area contributed by atoms with Gasteiger partial charge in [0.25, 0.3) is 0 Å². The van der Waals surface area contributed by atoms with Gasteiger partial charge in [0.2, 0.25) is 17.6 Å². The average Bonchev–Trinajstić information content (AvgIpc) is 2.79. The van der Waals surface area contributed by atoms with E-state index in [1.54, 1.807) is 39.5 Å². The van der Waals surface area contributed by atoms with Crippen molar-refractivity contribution in [3.63, 3.8) is 0 Å². The van der Waals surface area contributed by atoms with Gasteiger partial charge in [-0.3, -0.25) is 9.59 Å². The Kier molecular flexibility index (Phi) is 5.84. The highest BCUT2D eigenvalue weighted by Crippen LogP contribution is 2.39. The molecule has 0 radical (unpaired) electrons. The number of hydrogen-bond donors (Lipinski definition) is 1. The Morgan fingerprint density at radius 3 is 2.29 bits per heavy atom. The van der Waals surface area contributed by atoms with Crippen molar-refractivity contribution in [2.75, 3.05) is 38.1 Å². The molecule has 31 heavy (non-hydrogen) atoms. The number of ether oxygens (including phenoxy) is 3. The highest BCUT2D eigenvalue weighted by atomic mass is 16.5. The Labute approximate surface area is 181 Å². The van der Waals surface area contributed by atoms with Crippen molar-refractivity contribution in [2.45, 2.75) is 25.7 Å². The predicted octanol–water partition coefficient (Wildman–Crippen LogP) is 3.59. The van der Waals surface area contributed by atoms with E-state index >= 15 is 0 Å². The summed E-state index contributed by atoms with van der Waals surface area (Å²) >= 11 is 0. The molecule has 2 aromatic carbocycles. The Hall–Kier alpha value is -3.48. The van der Waals surface area contributed by atoms with Crippen molar-refractivity contribution in [3.05, 3.63) is 47.0 Å². The lowest BCUT2D eigenvalue weighted by atomic mass is 9.91. The first-order valence-corrected chi connectivity index (χ1v) is 10.3. The first-order valence-electron chi connectivity index (χ1n) is 10.3. The third-order valence-corrected chi connectivity index (χ3v) is 5.66. The standard InChI is InChI=1S/C24H26N2O5/c1-29-19-11-15(12-20(30-2)24(19)31-3)6-8-21(27)25-18-13-16-5-4-10-26-22(28)9-7-17(14-18)23(16)26/h6,8,11-14H,4-5,7,9-10H2,1-3H3,(H,25,27)/b8-6+. The van der Waals surface area contributed by atoms with Crippen molar-refractivity contribution in [3.8, 4) is 17.2 Å². The maximum Gasteiger partial charge on any atom is 0.248 e. The molecule has 0 fully saturated rings. The summed E-state index contributed by atoms with van der Waals surface area (Å²) < 4.78 is 16.0.